The topological polar surface area (TPSA) is 67.2 Å². The van der Waals surface area contributed by atoms with E-state index in [0.29, 0.717) is 17.3 Å². The molecule has 1 heterocycles. The summed E-state index contributed by atoms with van der Waals surface area (Å²) in [5, 5.41) is 10.2. The average Bonchev–Trinajstić information content (AvgIpc) is 2.94. The SMILES string of the molecule is CNCCCNC(=O)c1cc(-c2ccc(Cl)cc2)on1.Cl. The lowest BCUT2D eigenvalue weighted by molar-refractivity contribution is 0.0944. The molecule has 0 aliphatic carbocycles. The summed E-state index contributed by atoms with van der Waals surface area (Å²) >= 11 is 5.82. The quantitative estimate of drug-likeness (QED) is 0.799. The van der Waals surface area contributed by atoms with Crippen molar-refractivity contribution in [2.24, 2.45) is 0 Å². The van der Waals surface area contributed by atoms with Gasteiger partial charge in [-0.15, -0.1) is 12.4 Å². The smallest absolute Gasteiger partial charge is 0.273 e. The Labute approximate surface area is 134 Å². The maximum Gasteiger partial charge on any atom is 0.273 e. The molecule has 1 aromatic heterocycles. The van der Waals surface area contributed by atoms with Gasteiger partial charge in [-0.1, -0.05) is 16.8 Å². The van der Waals surface area contributed by atoms with Crippen molar-refractivity contribution < 1.29 is 9.32 Å². The highest BCUT2D eigenvalue weighted by molar-refractivity contribution is 6.30. The molecule has 0 spiro atoms. The van der Waals surface area contributed by atoms with Crippen LogP contribution >= 0.6 is 24.0 Å². The molecule has 0 atom stereocenters. The second-order valence-electron chi connectivity index (χ2n) is 4.30. The molecule has 0 radical (unpaired) electrons. The molecule has 0 fully saturated rings. The van der Waals surface area contributed by atoms with Crippen LogP contribution in [-0.2, 0) is 0 Å². The van der Waals surface area contributed by atoms with Crippen molar-refractivity contribution in [3.05, 3.63) is 41.0 Å². The summed E-state index contributed by atoms with van der Waals surface area (Å²) < 4.78 is 5.17. The first-order valence-corrected chi connectivity index (χ1v) is 6.74. The third-order valence-corrected chi connectivity index (χ3v) is 3.01. The Morgan fingerprint density at radius 3 is 2.67 bits per heavy atom. The Kier molecular flexibility index (Phi) is 7.22. The summed E-state index contributed by atoms with van der Waals surface area (Å²) in [5.74, 6) is 0.312. The number of amides is 1. The van der Waals surface area contributed by atoms with Crippen LogP contribution in [-0.4, -0.2) is 31.2 Å². The van der Waals surface area contributed by atoms with E-state index in [4.69, 9.17) is 16.1 Å². The van der Waals surface area contributed by atoms with Crippen LogP contribution in [0.2, 0.25) is 5.02 Å². The summed E-state index contributed by atoms with van der Waals surface area (Å²) in [4.78, 5) is 11.8. The first kappa shape index (κ1) is 17.5. The molecule has 7 heteroatoms. The van der Waals surface area contributed by atoms with E-state index < -0.39 is 0 Å². The number of halogens is 2. The third-order valence-electron chi connectivity index (χ3n) is 2.76. The molecule has 1 amide bonds. The van der Waals surface area contributed by atoms with Gasteiger partial charge < -0.3 is 15.2 Å². The molecule has 2 N–H and O–H groups in total. The molecule has 0 saturated heterocycles. The van der Waals surface area contributed by atoms with Gasteiger partial charge in [0.2, 0.25) is 0 Å². The van der Waals surface area contributed by atoms with Crippen LogP contribution < -0.4 is 10.6 Å². The predicted molar refractivity (Wildman–Crippen MR) is 85.1 cm³/mol. The third kappa shape index (κ3) is 5.04. The molecular weight excluding hydrogens is 313 g/mol. The number of nitrogens with zero attached hydrogens (tertiary/aromatic N) is 1. The van der Waals surface area contributed by atoms with Crippen LogP contribution in [0.15, 0.2) is 34.9 Å². The summed E-state index contributed by atoms with van der Waals surface area (Å²) in [6.07, 6.45) is 0.865. The predicted octanol–water partition coefficient (Wildman–Crippen LogP) is 2.76. The van der Waals surface area contributed by atoms with Crippen LogP contribution in [0.25, 0.3) is 11.3 Å². The monoisotopic (exact) mass is 329 g/mol. The van der Waals surface area contributed by atoms with Crippen molar-refractivity contribution in [3.63, 3.8) is 0 Å². The Bertz CT molecular complexity index is 570. The van der Waals surface area contributed by atoms with Crippen molar-refractivity contribution >= 4 is 29.9 Å². The zero-order chi connectivity index (χ0) is 14.4. The Morgan fingerprint density at radius 2 is 2.00 bits per heavy atom. The van der Waals surface area contributed by atoms with Gasteiger partial charge in [-0.2, -0.15) is 0 Å². The summed E-state index contributed by atoms with van der Waals surface area (Å²) in [5.41, 5.74) is 1.11. The number of nitrogens with one attached hydrogen (secondary N) is 2. The van der Waals surface area contributed by atoms with Crippen molar-refractivity contribution in [2.45, 2.75) is 6.42 Å². The van der Waals surface area contributed by atoms with Gasteiger partial charge in [0.15, 0.2) is 11.5 Å². The van der Waals surface area contributed by atoms with Gasteiger partial charge >= 0.3 is 0 Å². The zero-order valence-electron chi connectivity index (χ0n) is 11.6. The number of carbonyl (C=O) groups excluding carboxylic acids is 1. The largest absolute Gasteiger partial charge is 0.355 e. The number of carbonyl (C=O) groups is 1. The summed E-state index contributed by atoms with van der Waals surface area (Å²) in [7, 11) is 1.87. The van der Waals surface area contributed by atoms with Crippen molar-refractivity contribution in [1.82, 2.24) is 15.8 Å². The van der Waals surface area contributed by atoms with Crippen LogP contribution in [0.3, 0.4) is 0 Å². The number of hydrogen-bond donors (Lipinski definition) is 2. The van der Waals surface area contributed by atoms with Crippen molar-refractivity contribution in [1.29, 1.82) is 0 Å². The normalized spacial score (nSPS) is 10.0. The molecule has 21 heavy (non-hydrogen) atoms. The Morgan fingerprint density at radius 1 is 1.29 bits per heavy atom. The van der Waals surface area contributed by atoms with Gasteiger partial charge in [-0.05, 0) is 44.3 Å². The van der Waals surface area contributed by atoms with Gasteiger partial charge in [0, 0.05) is 23.2 Å². The highest BCUT2D eigenvalue weighted by atomic mass is 35.5. The lowest BCUT2D eigenvalue weighted by Crippen LogP contribution is -2.26. The van der Waals surface area contributed by atoms with E-state index in [-0.39, 0.29) is 24.0 Å². The molecule has 5 nitrogen and oxygen atoms in total. The summed E-state index contributed by atoms with van der Waals surface area (Å²) in [6, 6.07) is 8.78. The van der Waals surface area contributed by atoms with Gasteiger partial charge in [0.05, 0.1) is 0 Å². The number of aromatic nitrogens is 1. The standard InChI is InChI=1S/C14H16ClN3O2.ClH/c1-16-7-2-8-17-14(19)12-9-13(20-18-12)10-3-5-11(15)6-4-10;/h3-6,9,16H,2,7-8H2,1H3,(H,17,19);1H. The molecule has 0 saturated carbocycles. The van der Waals surface area contributed by atoms with E-state index in [0.717, 1.165) is 18.5 Å². The minimum absolute atomic E-state index is 0. The Hall–Kier alpha value is -1.56. The van der Waals surface area contributed by atoms with Gasteiger partial charge in [0.1, 0.15) is 0 Å². The minimum atomic E-state index is -0.231. The van der Waals surface area contributed by atoms with E-state index >= 15 is 0 Å². The van der Waals surface area contributed by atoms with Crippen molar-refractivity contribution in [2.75, 3.05) is 20.1 Å². The van der Waals surface area contributed by atoms with Crippen LogP contribution in [0, 0.1) is 0 Å². The molecule has 1 aromatic carbocycles. The van der Waals surface area contributed by atoms with E-state index in [1.165, 1.54) is 0 Å². The molecule has 2 aromatic rings. The van der Waals surface area contributed by atoms with Crippen LogP contribution in [0.1, 0.15) is 16.9 Å². The molecule has 2 rings (SSSR count). The minimum Gasteiger partial charge on any atom is -0.355 e. The fraction of sp³-hybridized carbons (Fsp3) is 0.286. The van der Waals surface area contributed by atoms with E-state index in [1.807, 2.05) is 19.2 Å². The number of hydrogen-bond acceptors (Lipinski definition) is 4. The van der Waals surface area contributed by atoms with Gasteiger partial charge in [-0.3, -0.25) is 4.79 Å². The van der Waals surface area contributed by atoms with Crippen LogP contribution in [0.5, 0.6) is 0 Å². The second kappa shape index (κ2) is 8.67. The fourth-order valence-corrected chi connectivity index (χ4v) is 1.82. The first-order valence-electron chi connectivity index (χ1n) is 6.36. The average molecular weight is 330 g/mol. The maximum atomic E-state index is 11.8. The number of rotatable bonds is 6. The van der Waals surface area contributed by atoms with Gasteiger partial charge in [0.25, 0.3) is 5.91 Å². The fourth-order valence-electron chi connectivity index (χ4n) is 1.69. The second-order valence-corrected chi connectivity index (χ2v) is 4.73. The lowest BCUT2D eigenvalue weighted by Gasteiger charge is -2.01. The van der Waals surface area contributed by atoms with Gasteiger partial charge in [-0.25, -0.2) is 0 Å². The maximum absolute atomic E-state index is 11.8. The molecule has 114 valence electrons. The van der Waals surface area contributed by atoms with E-state index in [1.54, 1.807) is 18.2 Å². The first-order chi connectivity index (χ1) is 9.70. The number of benzene rings is 1. The Balaban J connectivity index is 0.00000220. The molecular formula is C14H17Cl2N3O2. The van der Waals surface area contributed by atoms with Crippen molar-refractivity contribution in [3.8, 4) is 11.3 Å². The molecule has 0 aliphatic rings. The zero-order valence-corrected chi connectivity index (χ0v) is 13.1. The lowest BCUT2D eigenvalue weighted by atomic mass is 10.1. The highest BCUT2D eigenvalue weighted by Gasteiger charge is 2.13. The molecule has 0 aliphatic heterocycles. The molecule has 0 bridgehead atoms. The van der Waals surface area contributed by atoms with Crippen LogP contribution in [0.4, 0.5) is 0 Å². The highest BCUT2D eigenvalue weighted by Crippen LogP contribution is 2.22. The molecule has 0 unspecified atom stereocenters. The van der Waals surface area contributed by atoms with E-state index in [9.17, 15) is 4.79 Å². The summed E-state index contributed by atoms with van der Waals surface area (Å²) in [6.45, 7) is 1.46. The van der Waals surface area contributed by atoms with E-state index in [2.05, 4.69) is 15.8 Å².